The van der Waals surface area contributed by atoms with E-state index in [2.05, 4.69) is 0 Å². The first kappa shape index (κ1) is 10.8. The number of hydrogen-bond acceptors (Lipinski definition) is 2. The first-order valence-corrected chi connectivity index (χ1v) is 5.04. The zero-order valence-corrected chi connectivity index (χ0v) is 9.06. The van der Waals surface area contributed by atoms with E-state index in [1.807, 2.05) is 0 Å². The minimum absolute atomic E-state index is 0.0651. The van der Waals surface area contributed by atoms with Crippen LogP contribution in [0.4, 0.5) is 13.2 Å². The first-order chi connectivity index (χ1) is 5.67. The Labute approximate surface area is 79.6 Å². The summed E-state index contributed by atoms with van der Waals surface area (Å²) >= 11 is -0.0651. The fourth-order valence-electron chi connectivity index (χ4n) is 0.960. The number of quaternary nitrogens is 1. The molecule has 1 atom stereocenters. The third-order valence-electron chi connectivity index (χ3n) is 1.68. The second-order valence-corrected chi connectivity index (χ2v) is 5.43. The van der Waals surface area contributed by atoms with Gasteiger partial charge in [0.2, 0.25) is 0 Å². The Morgan fingerprint density at radius 2 is 1.85 bits per heavy atom. The van der Waals surface area contributed by atoms with E-state index in [0.717, 1.165) is 0 Å². The molecule has 0 aliphatic carbocycles. The van der Waals surface area contributed by atoms with E-state index in [1.54, 1.807) is 11.0 Å². The van der Waals surface area contributed by atoms with Crippen LogP contribution in [0.2, 0.25) is 0 Å². The molecule has 3 nitrogen and oxygen atoms in total. The van der Waals surface area contributed by atoms with Crippen LogP contribution in [0, 0.1) is 0 Å². The molecule has 13 heavy (non-hydrogen) atoms. The number of amides is 1. The molecule has 0 aromatic carbocycles. The second-order valence-electron chi connectivity index (χ2n) is 3.13. The standard InChI is InChI=1S/C6H9F3N2OSe/c1-10-5(13-10)11(2,3)4(12)6(7,8)9/h1-3H3/q+1. The molecule has 1 aliphatic rings. The quantitative estimate of drug-likeness (QED) is 0.481. The number of alkyl halides is 3. The van der Waals surface area contributed by atoms with Crippen molar-refractivity contribution in [3.63, 3.8) is 0 Å². The number of carbonyl (C=O) groups is 1. The molecule has 0 aromatic rings. The third kappa shape index (κ3) is 1.99. The van der Waals surface area contributed by atoms with Gasteiger partial charge in [-0.25, -0.2) is 0 Å². The van der Waals surface area contributed by atoms with Gasteiger partial charge in [0.25, 0.3) is 0 Å². The summed E-state index contributed by atoms with van der Waals surface area (Å²) < 4.78 is 37.7. The van der Waals surface area contributed by atoms with Crippen LogP contribution < -0.4 is 0 Å². The predicted octanol–water partition coefficient (Wildman–Crippen LogP) is -0.196. The van der Waals surface area contributed by atoms with Crippen molar-refractivity contribution in [2.75, 3.05) is 21.1 Å². The average Bonchev–Trinajstić information content (AvgIpc) is 2.63. The predicted molar refractivity (Wildman–Crippen MR) is 41.7 cm³/mol. The van der Waals surface area contributed by atoms with E-state index in [0.29, 0.717) is 4.67 Å². The van der Waals surface area contributed by atoms with Crippen molar-refractivity contribution in [1.82, 2.24) is 3.92 Å². The van der Waals surface area contributed by atoms with Crippen LogP contribution in [0.3, 0.4) is 0 Å². The zero-order chi connectivity index (χ0) is 10.4. The maximum atomic E-state index is 12.1. The molecule has 0 aromatic heterocycles. The van der Waals surface area contributed by atoms with Crippen LogP contribution in [-0.4, -0.2) is 61.0 Å². The summed E-state index contributed by atoms with van der Waals surface area (Å²) in [6.45, 7) is 0. The van der Waals surface area contributed by atoms with Crippen molar-refractivity contribution in [3.05, 3.63) is 0 Å². The Morgan fingerprint density at radius 1 is 1.46 bits per heavy atom. The average molecular weight is 261 g/mol. The number of nitrogens with zero attached hydrogens (tertiary/aromatic N) is 2. The van der Waals surface area contributed by atoms with Crippen molar-refractivity contribution < 1.29 is 22.4 Å². The molecular formula is C6H9F3N2OSe+. The Balaban J connectivity index is 2.82. The van der Waals surface area contributed by atoms with E-state index in [9.17, 15) is 18.0 Å². The van der Waals surface area contributed by atoms with Gasteiger partial charge in [-0.15, -0.1) is 0 Å². The molecule has 0 saturated heterocycles. The molecular weight excluding hydrogens is 252 g/mol. The van der Waals surface area contributed by atoms with Crippen molar-refractivity contribution in [1.29, 1.82) is 0 Å². The SMILES string of the molecule is CN1[Se]=C1[N+](C)(C)C(=O)C(F)(F)F. The van der Waals surface area contributed by atoms with Gasteiger partial charge >= 0.3 is 79.0 Å². The van der Waals surface area contributed by atoms with Gasteiger partial charge in [0.05, 0.1) is 0 Å². The zero-order valence-electron chi connectivity index (χ0n) is 7.34. The molecule has 75 valence electrons. The molecule has 1 aliphatic heterocycles. The van der Waals surface area contributed by atoms with Crippen LogP contribution in [-0.2, 0) is 4.79 Å². The molecule has 0 spiro atoms. The van der Waals surface area contributed by atoms with Crippen LogP contribution >= 0.6 is 0 Å². The number of halogens is 3. The van der Waals surface area contributed by atoms with Crippen molar-refractivity contribution >= 4 is 25.3 Å². The molecule has 1 radical (unpaired) electrons. The summed E-state index contributed by atoms with van der Waals surface area (Å²) in [5, 5.41) is 0. The van der Waals surface area contributed by atoms with Crippen molar-refractivity contribution in [3.8, 4) is 0 Å². The van der Waals surface area contributed by atoms with Crippen molar-refractivity contribution in [2.45, 2.75) is 6.18 Å². The molecule has 7 heteroatoms. The van der Waals surface area contributed by atoms with Gasteiger partial charge in [0.15, 0.2) is 0 Å². The maximum absolute atomic E-state index is 12.1. The Bertz CT molecular complexity index is 284. The normalized spacial score (nSPS) is 22.6. The topological polar surface area (TPSA) is 20.1 Å². The molecule has 1 amide bonds. The summed E-state index contributed by atoms with van der Waals surface area (Å²) in [5.41, 5.74) is 0. The van der Waals surface area contributed by atoms with E-state index < -0.39 is 16.6 Å². The van der Waals surface area contributed by atoms with Crippen LogP contribution in [0.15, 0.2) is 0 Å². The van der Waals surface area contributed by atoms with Gasteiger partial charge in [-0.1, -0.05) is 0 Å². The minimum atomic E-state index is -4.75. The summed E-state index contributed by atoms with van der Waals surface area (Å²) in [6.07, 6.45) is -4.75. The van der Waals surface area contributed by atoms with Gasteiger partial charge in [0, 0.05) is 0 Å². The van der Waals surface area contributed by atoms with Crippen LogP contribution in [0.25, 0.3) is 0 Å². The molecule has 0 N–H and O–H groups in total. The van der Waals surface area contributed by atoms with E-state index >= 15 is 0 Å². The summed E-state index contributed by atoms with van der Waals surface area (Å²) in [4.78, 5) is 10.9. The fourth-order valence-corrected chi connectivity index (χ4v) is 2.42. The summed E-state index contributed by atoms with van der Waals surface area (Å²) in [7, 11) is 4.20. The summed E-state index contributed by atoms with van der Waals surface area (Å²) in [6, 6.07) is 0. The molecule has 0 bridgehead atoms. The second kappa shape index (κ2) is 2.88. The van der Waals surface area contributed by atoms with Crippen molar-refractivity contribution in [2.24, 2.45) is 0 Å². The van der Waals surface area contributed by atoms with E-state index in [-0.39, 0.29) is 14.7 Å². The third-order valence-corrected chi connectivity index (χ3v) is 4.13. The van der Waals surface area contributed by atoms with Gasteiger partial charge in [-0.3, -0.25) is 0 Å². The van der Waals surface area contributed by atoms with Gasteiger partial charge < -0.3 is 0 Å². The monoisotopic (exact) mass is 262 g/mol. The van der Waals surface area contributed by atoms with Gasteiger partial charge in [-0.05, 0) is 0 Å². The first-order valence-electron chi connectivity index (χ1n) is 3.42. The number of rotatable bonds is 1. The summed E-state index contributed by atoms with van der Waals surface area (Å²) in [5.74, 6) is -1.71. The molecule has 1 unspecified atom stereocenters. The van der Waals surface area contributed by atoms with E-state index in [1.165, 1.54) is 14.1 Å². The van der Waals surface area contributed by atoms with Gasteiger partial charge in [-0.2, -0.15) is 0 Å². The van der Waals surface area contributed by atoms with Crippen LogP contribution in [0.1, 0.15) is 0 Å². The molecule has 1 heterocycles. The fraction of sp³-hybridized carbons (Fsp3) is 0.667. The molecule has 0 saturated carbocycles. The number of carbonyl (C=O) groups excluding carboxylic acids is 1. The Morgan fingerprint density at radius 3 is 2.08 bits per heavy atom. The molecule has 0 fully saturated rings. The molecule has 1 rings (SSSR count). The Hall–Kier alpha value is -0.231. The van der Waals surface area contributed by atoms with Crippen LogP contribution in [0.5, 0.6) is 0 Å². The van der Waals surface area contributed by atoms with E-state index in [4.69, 9.17) is 0 Å². The number of hydrogen-bond donors (Lipinski definition) is 0. The Kier molecular flexibility index (Phi) is 2.40. The van der Waals surface area contributed by atoms with Gasteiger partial charge in [0.1, 0.15) is 0 Å².